The molecule has 0 fully saturated rings. The van der Waals surface area contributed by atoms with E-state index in [-0.39, 0.29) is 5.56 Å². The minimum absolute atomic E-state index is 0.189. The van der Waals surface area contributed by atoms with Gasteiger partial charge in [0, 0.05) is 6.07 Å². The van der Waals surface area contributed by atoms with Crippen molar-refractivity contribution < 1.29 is 14.6 Å². The number of carboxylic acid groups (broad SMARTS) is 1. The van der Waals surface area contributed by atoms with Crippen molar-refractivity contribution in [2.45, 2.75) is 20.3 Å². The fraction of sp³-hybridized carbons (Fsp3) is 0.200. The highest BCUT2D eigenvalue weighted by Gasteiger charge is 2.09. The zero-order valence-electron chi connectivity index (χ0n) is 10.9. The Labute approximate surface area is 111 Å². The number of carbonyl (C=O) groups is 1. The number of aromatic carboxylic acids is 1. The first-order valence-electron chi connectivity index (χ1n) is 6.08. The Kier molecular flexibility index (Phi) is 3.80. The van der Waals surface area contributed by atoms with E-state index in [1.165, 1.54) is 11.6 Å². The van der Waals surface area contributed by atoms with Gasteiger partial charge in [0.05, 0.1) is 11.3 Å². The Morgan fingerprint density at radius 3 is 2.74 bits per heavy atom. The molecule has 1 aromatic carbocycles. The van der Waals surface area contributed by atoms with E-state index in [1.807, 2.05) is 24.3 Å². The largest absolute Gasteiger partial charge is 0.478 e. The molecule has 0 amide bonds. The molecule has 19 heavy (non-hydrogen) atoms. The molecule has 0 bridgehead atoms. The lowest BCUT2D eigenvalue weighted by atomic mass is 10.2. The molecule has 0 atom stereocenters. The molecule has 0 unspecified atom stereocenters. The quantitative estimate of drug-likeness (QED) is 0.911. The van der Waals surface area contributed by atoms with Crippen LogP contribution in [0.3, 0.4) is 0 Å². The summed E-state index contributed by atoms with van der Waals surface area (Å²) in [5, 5.41) is 8.93. The summed E-state index contributed by atoms with van der Waals surface area (Å²) < 4.78 is 5.63. The summed E-state index contributed by atoms with van der Waals surface area (Å²) >= 11 is 0. The van der Waals surface area contributed by atoms with Gasteiger partial charge in [0.15, 0.2) is 0 Å². The molecule has 2 aromatic rings. The summed E-state index contributed by atoms with van der Waals surface area (Å²) in [6.07, 6.45) is 0.932. The minimum atomic E-state index is -0.982. The van der Waals surface area contributed by atoms with Crippen molar-refractivity contribution in [2.24, 2.45) is 0 Å². The van der Waals surface area contributed by atoms with Crippen molar-refractivity contribution in [2.75, 3.05) is 0 Å². The van der Waals surface area contributed by atoms with Crippen molar-refractivity contribution in [1.29, 1.82) is 0 Å². The second kappa shape index (κ2) is 5.52. The summed E-state index contributed by atoms with van der Waals surface area (Å²) in [6, 6.07) is 10.8. The van der Waals surface area contributed by atoms with Gasteiger partial charge in [0.2, 0.25) is 5.88 Å². The van der Waals surface area contributed by atoms with Crippen molar-refractivity contribution in [3.8, 4) is 11.6 Å². The van der Waals surface area contributed by atoms with Crippen LogP contribution in [0, 0.1) is 6.92 Å². The van der Waals surface area contributed by atoms with Crippen LogP contribution in [0.25, 0.3) is 0 Å². The average Bonchev–Trinajstić information content (AvgIpc) is 2.38. The summed E-state index contributed by atoms with van der Waals surface area (Å²) in [5.74, 6) is 0.120. The molecule has 0 saturated carbocycles. The van der Waals surface area contributed by atoms with Gasteiger partial charge >= 0.3 is 5.97 Å². The third-order valence-corrected chi connectivity index (χ3v) is 2.82. The number of aryl methyl sites for hydroxylation is 2. The fourth-order valence-corrected chi connectivity index (χ4v) is 1.77. The molecule has 2 rings (SSSR count). The topological polar surface area (TPSA) is 59.4 Å². The van der Waals surface area contributed by atoms with E-state index in [0.29, 0.717) is 17.3 Å². The molecule has 1 heterocycles. The molecule has 1 aromatic heterocycles. The Morgan fingerprint density at radius 2 is 2.11 bits per heavy atom. The molecule has 0 spiro atoms. The number of hydrogen-bond acceptors (Lipinski definition) is 3. The molecule has 0 aliphatic rings. The lowest BCUT2D eigenvalue weighted by Gasteiger charge is -2.07. The number of hydrogen-bond donors (Lipinski definition) is 1. The first-order valence-corrected chi connectivity index (χ1v) is 6.08. The van der Waals surface area contributed by atoms with Gasteiger partial charge in [-0.15, -0.1) is 0 Å². The van der Waals surface area contributed by atoms with Gasteiger partial charge in [-0.25, -0.2) is 9.78 Å². The number of ether oxygens (including phenoxy) is 1. The van der Waals surface area contributed by atoms with Crippen molar-refractivity contribution in [1.82, 2.24) is 4.98 Å². The molecule has 4 nitrogen and oxygen atoms in total. The van der Waals surface area contributed by atoms with E-state index >= 15 is 0 Å². The van der Waals surface area contributed by atoms with E-state index < -0.39 is 5.97 Å². The van der Waals surface area contributed by atoms with Crippen LogP contribution in [0.5, 0.6) is 11.6 Å². The zero-order valence-corrected chi connectivity index (χ0v) is 10.9. The standard InChI is InChI=1S/C15H15NO3/c1-3-11-5-4-6-12(9-11)19-14-8-7-13(15(17)18)10(2)16-14/h4-9H,3H2,1-2H3,(H,17,18). The van der Waals surface area contributed by atoms with Crippen LogP contribution in [0.15, 0.2) is 36.4 Å². The zero-order chi connectivity index (χ0) is 13.8. The number of nitrogens with zero attached hydrogens (tertiary/aromatic N) is 1. The summed E-state index contributed by atoms with van der Waals surface area (Å²) in [7, 11) is 0. The van der Waals surface area contributed by atoms with E-state index in [4.69, 9.17) is 9.84 Å². The molecule has 4 heteroatoms. The monoisotopic (exact) mass is 257 g/mol. The molecule has 98 valence electrons. The minimum Gasteiger partial charge on any atom is -0.478 e. The van der Waals surface area contributed by atoms with E-state index in [1.54, 1.807) is 13.0 Å². The second-order valence-corrected chi connectivity index (χ2v) is 4.19. The first kappa shape index (κ1) is 13.1. The molecule has 0 aliphatic carbocycles. The van der Waals surface area contributed by atoms with Gasteiger partial charge < -0.3 is 9.84 Å². The highest BCUT2D eigenvalue weighted by molar-refractivity contribution is 5.88. The molecular weight excluding hydrogens is 242 g/mol. The van der Waals surface area contributed by atoms with Gasteiger partial charge in [0.25, 0.3) is 0 Å². The lowest BCUT2D eigenvalue weighted by molar-refractivity contribution is 0.0695. The normalized spacial score (nSPS) is 10.2. The van der Waals surface area contributed by atoms with Gasteiger partial charge in [-0.05, 0) is 37.1 Å². The van der Waals surface area contributed by atoms with Crippen LogP contribution in [0.2, 0.25) is 0 Å². The third-order valence-electron chi connectivity index (χ3n) is 2.82. The first-order chi connectivity index (χ1) is 9.10. The SMILES string of the molecule is CCc1cccc(Oc2ccc(C(=O)O)c(C)n2)c1. The second-order valence-electron chi connectivity index (χ2n) is 4.19. The Morgan fingerprint density at radius 1 is 1.32 bits per heavy atom. The average molecular weight is 257 g/mol. The molecule has 1 N–H and O–H groups in total. The van der Waals surface area contributed by atoms with E-state index in [9.17, 15) is 4.79 Å². The maximum absolute atomic E-state index is 10.9. The van der Waals surface area contributed by atoms with Gasteiger partial charge in [-0.3, -0.25) is 0 Å². The summed E-state index contributed by atoms with van der Waals surface area (Å²) in [4.78, 5) is 15.0. The van der Waals surface area contributed by atoms with Crippen molar-refractivity contribution in [3.63, 3.8) is 0 Å². The number of carboxylic acids is 1. The molecule has 0 saturated heterocycles. The van der Waals surface area contributed by atoms with E-state index in [2.05, 4.69) is 11.9 Å². The number of benzene rings is 1. The van der Waals surface area contributed by atoms with Crippen LogP contribution < -0.4 is 4.74 Å². The Bertz CT molecular complexity index is 608. The van der Waals surface area contributed by atoms with Crippen molar-refractivity contribution >= 4 is 5.97 Å². The third kappa shape index (κ3) is 3.10. The van der Waals surface area contributed by atoms with Crippen LogP contribution >= 0.6 is 0 Å². The van der Waals surface area contributed by atoms with Crippen LogP contribution in [0.1, 0.15) is 28.5 Å². The predicted octanol–water partition coefficient (Wildman–Crippen LogP) is 3.44. The number of aromatic nitrogens is 1. The van der Waals surface area contributed by atoms with Crippen molar-refractivity contribution in [3.05, 3.63) is 53.2 Å². The van der Waals surface area contributed by atoms with Gasteiger partial charge in [-0.2, -0.15) is 0 Å². The maximum Gasteiger partial charge on any atom is 0.337 e. The van der Waals surface area contributed by atoms with Crippen LogP contribution in [0.4, 0.5) is 0 Å². The van der Waals surface area contributed by atoms with Crippen LogP contribution in [-0.2, 0) is 6.42 Å². The lowest BCUT2D eigenvalue weighted by Crippen LogP contribution is -2.02. The highest BCUT2D eigenvalue weighted by Crippen LogP contribution is 2.22. The highest BCUT2D eigenvalue weighted by atomic mass is 16.5. The van der Waals surface area contributed by atoms with Gasteiger partial charge in [0.1, 0.15) is 5.75 Å². The van der Waals surface area contributed by atoms with Gasteiger partial charge in [-0.1, -0.05) is 19.1 Å². The summed E-state index contributed by atoms with van der Waals surface area (Å²) in [5.41, 5.74) is 1.81. The Hall–Kier alpha value is -2.36. The summed E-state index contributed by atoms with van der Waals surface area (Å²) in [6.45, 7) is 3.72. The smallest absolute Gasteiger partial charge is 0.337 e. The van der Waals surface area contributed by atoms with Crippen LogP contribution in [-0.4, -0.2) is 16.1 Å². The van der Waals surface area contributed by atoms with E-state index in [0.717, 1.165) is 6.42 Å². The maximum atomic E-state index is 10.9. The molecule has 0 radical (unpaired) electrons. The fourth-order valence-electron chi connectivity index (χ4n) is 1.77. The molecule has 0 aliphatic heterocycles. The number of pyridine rings is 1. The predicted molar refractivity (Wildman–Crippen MR) is 71.8 cm³/mol. The number of rotatable bonds is 4. The molecular formula is C15H15NO3. The Balaban J connectivity index is 2.23.